The van der Waals surface area contributed by atoms with Crippen molar-refractivity contribution in [2.75, 3.05) is 26.9 Å². The van der Waals surface area contributed by atoms with E-state index in [4.69, 9.17) is 14.2 Å². The van der Waals surface area contributed by atoms with Crippen molar-refractivity contribution in [3.63, 3.8) is 0 Å². The van der Waals surface area contributed by atoms with Crippen molar-refractivity contribution < 1.29 is 23.4 Å². The normalized spacial score (nSPS) is 20.0. The van der Waals surface area contributed by atoms with Gasteiger partial charge in [0, 0.05) is 0 Å². The molecule has 0 amide bonds. The van der Waals surface area contributed by atoms with Crippen LogP contribution < -0.4 is 4.74 Å². The highest BCUT2D eigenvalue weighted by molar-refractivity contribution is 6.00. The van der Waals surface area contributed by atoms with Crippen LogP contribution in [0, 0.1) is 5.82 Å². The molecule has 0 bridgehead atoms. The average Bonchev–Trinajstić information content (AvgIpc) is 2.39. The molecule has 0 spiro atoms. The Morgan fingerprint density at radius 1 is 1.47 bits per heavy atom. The third-order valence-electron chi connectivity index (χ3n) is 2.56. The second kappa shape index (κ2) is 5.25. The van der Waals surface area contributed by atoms with Crippen LogP contribution in [0.1, 0.15) is 10.4 Å². The predicted octanol–water partition coefficient (Wildman–Crippen LogP) is 1.43. The number of carbonyl (C=O) groups excluding carboxylic acids is 1. The Hall–Kier alpha value is -1.46. The third kappa shape index (κ3) is 2.45. The zero-order chi connectivity index (χ0) is 12.3. The van der Waals surface area contributed by atoms with E-state index in [1.165, 1.54) is 19.2 Å². The zero-order valence-corrected chi connectivity index (χ0v) is 9.44. The van der Waals surface area contributed by atoms with Crippen molar-refractivity contribution in [2.24, 2.45) is 0 Å². The van der Waals surface area contributed by atoms with Gasteiger partial charge in [-0.3, -0.25) is 4.79 Å². The number of rotatable bonds is 3. The van der Waals surface area contributed by atoms with E-state index in [9.17, 15) is 9.18 Å². The lowest BCUT2D eigenvalue weighted by Crippen LogP contribution is -2.35. The van der Waals surface area contributed by atoms with Gasteiger partial charge in [0.15, 0.2) is 17.3 Å². The topological polar surface area (TPSA) is 44.8 Å². The first-order valence-electron chi connectivity index (χ1n) is 5.30. The van der Waals surface area contributed by atoms with E-state index >= 15 is 0 Å². The maximum Gasteiger partial charge on any atom is 0.197 e. The van der Waals surface area contributed by atoms with Gasteiger partial charge < -0.3 is 14.2 Å². The summed E-state index contributed by atoms with van der Waals surface area (Å²) in [6.45, 7) is 0.974. The van der Waals surface area contributed by atoms with Gasteiger partial charge in [0.1, 0.15) is 6.10 Å². The van der Waals surface area contributed by atoms with E-state index in [1.807, 2.05) is 0 Å². The fourth-order valence-corrected chi connectivity index (χ4v) is 1.67. The van der Waals surface area contributed by atoms with Crippen LogP contribution in [0.15, 0.2) is 18.2 Å². The van der Waals surface area contributed by atoms with Gasteiger partial charge in [0.2, 0.25) is 0 Å². The Morgan fingerprint density at radius 2 is 2.29 bits per heavy atom. The highest BCUT2D eigenvalue weighted by Gasteiger charge is 2.27. The average molecular weight is 240 g/mol. The minimum absolute atomic E-state index is 0.0279. The molecule has 0 aliphatic carbocycles. The molecule has 1 unspecified atom stereocenters. The van der Waals surface area contributed by atoms with E-state index in [0.717, 1.165) is 0 Å². The second-order valence-corrected chi connectivity index (χ2v) is 3.62. The highest BCUT2D eigenvalue weighted by Crippen LogP contribution is 2.22. The molecule has 2 rings (SSSR count). The van der Waals surface area contributed by atoms with Crippen molar-refractivity contribution in [3.05, 3.63) is 29.6 Å². The minimum atomic E-state index is -0.731. The molecule has 1 aromatic carbocycles. The largest absolute Gasteiger partial charge is 0.494 e. The van der Waals surface area contributed by atoms with Crippen LogP contribution in [0.2, 0.25) is 0 Å². The third-order valence-corrected chi connectivity index (χ3v) is 2.56. The summed E-state index contributed by atoms with van der Waals surface area (Å²) >= 11 is 0. The highest BCUT2D eigenvalue weighted by atomic mass is 19.1. The maximum atomic E-state index is 13.8. The minimum Gasteiger partial charge on any atom is -0.494 e. The molecule has 1 aliphatic heterocycles. The van der Waals surface area contributed by atoms with Gasteiger partial charge in [-0.2, -0.15) is 0 Å². The Bertz CT molecular complexity index is 413. The predicted molar refractivity (Wildman–Crippen MR) is 57.8 cm³/mol. The summed E-state index contributed by atoms with van der Waals surface area (Å²) in [5, 5.41) is 0. The lowest BCUT2D eigenvalue weighted by molar-refractivity contribution is -0.0720. The van der Waals surface area contributed by atoms with Gasteiger partial charge in [-0.1, -0.05) is 6.07 Å². The van der Waals surface area contributed by atoms with E-state index in [0.29, 0.717) is 13.2 Å². The number of hydrogen-bond donors (Lipinski definition) is 0. The lowest BCUT2D eigenvalue weighted by Gasteiger charge is -2.22. The Morgan fingerprint density at radius 3 is 2.94 bits per heavy atom. The van der Waals surface area contributed by atoms with Crippen LogP contribution in [-0.2, 0) is 9.47 Å². The van der Waals surface area contributed by atoms with Crippen molar-refractivity contribution >= 4 is 5.78 Å². The summed E-state index contributed by atoms with van der Waals surface area (Å²) < 4.78 is 29.0. The number of benzene rings is 1. The standard InChI is InChI=1S/C12H13FO4/c1-15-9-4-2-3-8(11(9)13)12(14)10-7-16-5-6-17-10/h2-4,10H,5-7H2,1H3. The SMILES string of the molecule is COc1cccc(C(=O)C2COCCO2)c1F. The van der Waals surface area contributed by atoms with Gasteiger partial charge in [-0.05, 0) is 12.1 Å². The smallest absolute Gasteiger partial charge is 0.197 e. The van der Waals surface area contributed by atoms with Crippen LogP contribution in [0.4, 0.5) is 4.39 Å². The number of ether oxygens (including phenoxy) is 3. The van der Waals surface area contributed by atoms with Crippen LogP contribution in [-0.4, -0.2) is 38.8 Å². The Kier molecular flexibility index (Phi) is 3.71. The van der Waals surface area contributed by atoms with Crippen LogP contribution >= 0.6 is 0 Å². The molecule has 1 saturated heterocycles. The van der Waals surface area contributed by atoms with Crippen molar-refractivity contribution in [3.8, 4) is 5.75 Å². The summed E-state index contributed by atoms with van der Waals surface area (Å²) in [5.74, 6) is -1.03. The van der Waals surface area contributed by atoms with E-state index < -0.39 is 17.7 Å². The summed E-state index contributed by atoms with van der Waals surface area (Å²) in [7, 11) is 1.35. The number of methoxy groups -OCH3 is 1. The van der Waals surface area contributed by atoms with Crippen molar-refractivity contribution in [1.29, 1.82) is 0 Å². The maximum absolute atomic E-state index is 13.8. The summed E-state index contributed by atoms with van der Waals surface area (Å²) in [4.78, 5) is 12.0. The van der Waals surface area contributed by atoms with E-state index in [1.54, 1.807) is 6.07 Å². The first-order valence-corrected chi connectivity index (χ1v) is 5.30. The number of ketones is 1. The van der Waals surface area contributed by atoms with Crippen molar-refractivity contribution in [2.45, 2.75) is 6.10 Å². The number of Topliss-reactive ketones (excluding diaryl/α,β-unsaturated/α-hetero) is 1. The molecule has 5 heteroatoms. The van der Waals surface area contributed by atoms with Gasteiger partial charge in [0.25, 0.3) is 0 Å². The molecule has 0 saturated carbocycles. The molecule has 0 aromatic heterocycles. The van der Waals surface area contributed by atoms with Gasteiger partial charge >= 0.3 is 0 Å². The second-order valence-electron chi connectivity index (χ2n) is 3.62. The van der Waals surface area contributed by atoms with E-state index in [-0.39, 0.29) is 17.9 Å². The molecule has 1 fully saturated rings. The zero-order valence-electron chi connectivity index (χ0n) is 9.44. The Labute approximate surface area is 98.3 Å². The fraction of sp³-hybridized carbons (Fsp3) is 0.417. The van der Waals surface area contributed by atoms with Crippen LogP contribution in [0.3, 0.4) is 0 Å². The number of hydrogen-bond acceptors (Lipinski definition) is 4. The van der Waals surface area contributed by atoms with Gasteiger partial charge in [-0.25, -0.2) is 4.39 Å². The molecule has 1 aliphatic rings. The van der Waals surface area contributed by atoms with E-state index in [2.05, 4.69) is 0 Å². The van der Waals surface area contributed by atoms with Crippen LogP contribution in [0.25, 0.3) is 0 Å². The Balaban J connectivity index is 2.23. The van der Waals surface area contributed by atoms with Crippen molar-refractivity contribution in [1.82, 2.24) is 0 Å². The molecule has 0 radical (unpaired) electrons. The molecule has 17 heavy (non-hydrogen) atoms. The molecule has 1 atom stereocenters. The van der Waals surface area contributed by atoms with Gasteiger partial charge in [-0.15, -0.1) is 0 Å². The molecule has 92 valence electrons. The number of carbonyl (C=O) groups is 1. The first kappa shape index (κ1) is 12.0. The van der Waals surface area contributed by atoms with Crippen LogP contribution in [0.5, 0.6) is 5.75 Å². The summed E-state index contributed by atoms with van der Waals surface area (Å²) in [6, 6.07) is 4.45. The monoisotopic (exact) mass is 240 g/mol. The van der Waals surface area contributed by atoms with Gasteiger partial charge in [0.05, 0.1) is 32.5 Å². The molecule has 0 N–H and O–H groups in total. The summed E-state index contributed by atoms with van der Waals surface area (Å²) in [6.07, 6.45) is -0.731. The molecule has 1 heterocycles. The molecule has 4 nitrogen and oxygen atoms in total. The molecule has 1 aromatic rings. The lowest BCUT2D eigenvalue weighted by atomic mass is 10.1. The molecular formula is C12H13FO4. The number of halogens is 1. The molecular weight excluding hydrogens is 227 g/mol. The quantitative estimate of drug-likeness (QED) is 0.750. The fourth-order valence-electron chi connectivity index (χ4n) is 1.67. The first-order chi connectivity index (χ1) is 8.24. The summed E-state index contributed by atoms with van der Waals surface area (Å²) in [5.41, 5.74) is -0.0279.